The predicted octanol–water partition coefficient (Wildman–Crippen LogP) is 8.31. The number of carboxylic acids is 1. The summed E-state index contributed by atoms with van der Waals surface area (Å²) in [5.74, 6) is 2.84. The van der Waals surface area contributed by atoms with Crippen LogP contribution in [0.25, 0.3) is 0 Å². The molecular weight excluding hydrogens is 690 g/mol. The fraction of sp³-hybridized carbons (Fsp3) is 0.581. The van der Waals surface area contributed by atoms with Gasteiger partial charge in [-0.2, -0.15) is 0 Å². The number of ether oxygens (including phenoxy) is 4. The molecule has 0 saturated heterocycles. The summed E-state index contributed by atoms with van der Waals surface area (Å²) in [4.78, 5) is 20.0. The third-order valence-corrected chi connectivity index (χ3v) is 12.7. The van der Waals surface area contributed by atoms with Crippen molar-refractivity contribution in [3.05, 3.63) is 76.1 Å². The lowest BCUT2D eigenvalue weighted by Gasteiger charge is -2.47. The minimum atomic E-state index is -1.08. The van der Waals surface area contributed by atoms with E-state index in [0.29, 0.717) is 48.8 Å². The van der Waals surface area contributed by atoms with Gasteiger partial charge in [0.15, 0.2) is 11.5 Å². The lowest BCUT2D eigenvalue weighted by atomic mass is 9.59. The number of anilines is 1. The molecule has 2 aromatic carbocycles. The molecule has 286 valence electrons. The van der Waals surface area contributed by atoms with Crippen LogP contribution in [-0.4, -0.2) is 79.7 Å². The zero-order chi connectivity index (χ0) is 37.2. The number of nitrogens with zero attached hydrogens (tertiary/aromatic N) is 2. The van der Waals surface area contributed by atoms with Crippen LogP contribution in [0.5, 0.6) is 17.2 Å². The molecule has 53 heavy (non-hydrogen) atoms. The van der Waals surface area contributed by atoms with E-state index in [1.54, 1.807) is 13.2 Å². The highest BCUT2D eigenvalue weighted by molar-refractivity contribution is 6.30. The number of hydrogen-bond acceptors (Lipinski definition) is 8. The molecule has 4 atom stereocenters. The molecule has 2 heterocycles. The Morgan fingerprint density at radius 2 is 2.00 bits per heavy atom. The van der Waals surface area contributed by atoms with Crippen LogP contribution in [0.1, 0.15) is 93.5 Å². The summed E-state index contributed by atoms with van der Waals surface area (Å²) in [5.41, 5.74) is 4.52. The number of carbonyl (C=O) groups is 1. The number of halogens is 1. The van der Waals surface area contributed by atoms with E-state index in [0.717, 1.165) is 81.2 Å². The van der Waals surface area contributed by atoms with Gasteiger partial charge in [0, 0.05) is 55.0 Å². The van der Waals surface area contributed by atoms with Crippen molar-refractivity contribution in [2.45, 2.75) is 101 Å². The number of likely N-dealkylation sites (N-methyl/N-ethyl adjacent to an activating group) is 1. The van der Waals surface area contributed by atoms with E-state index in [1.165, 1.54) is 35.2 Å². The average molecular weight is 746 g/mol. The summed E-state index contributed by atoms with van der Waals surface area (Å²) in [5, 5.41) is 14.7. The number of pyridine rings is 1. The van der Waals surface area contributed by atoms with E-state index in [4.69, 9.17) is 30.5 Å². The maximum absolute atomic E-state index is 13.1. The molecule has 1 aromatic heterocycles. The van der Waals surface area contributed by atoms with Crippen LogP contribution < -0.4 is 19.5 Å². The van der Waals surface area contributed by atoms with Gasteiger partial charge in [-0.3, -0.25) is 4.98 Å². The van der Waals surface area contributed by atoms with Crippen molar-refractivity contribution in [2.24, 2.45) is 11.8 Å². The van der Waals surface area contributed by atoms with Gasteiger partial charge in [-0.1, -0.05) is 31.5 Å². The minimum absolute atomic E-state index is 0.0759. The van der Waals surface area contributed by atoms with Gasteiger partial charge in [0.1, 0.15) is 24.0 Å². The van der Waals surface area contributed by atoms with E-state index >= 15 is 0 Å². The van der Waals surface area contributed by atoms with Gasteiger partial charge in [0.2, 0.25) is 0 Å². The first-order valence-corrected chi connectivity index (χ1v) is 20.0. The third-order valence-electron chi connectivity index (χ3n) is 12.5. The second-order valence-electron chi connectivity index (χ2n) is 16.3. The molecule has 9 nitrogen and oxygen atoms in total. The molecule has 0 bridgehead atoms. The minimum Gasteiger partial charge on any atom is -0.493 e. The second kappa shape index (κ2) is 16.1. The van der Waals surface area contributed by atoms with Gasteiger partial charge < -0.3 is 34.3 Å². The molecule has 1 fully saturated rings. The van der Waals surface area contributed by atoms with E-state index in [1.807, 2.05) is 30.5 Å². The van der Waals surface area contributed by atoms with E-state index in [-0.39, 0.29) is 11.5 Å². The van der Waals surface area contributed by atoms with E-state index in [2.05, 4.69) is 48.2 Å². The molecule has 2 N–H and O–H groups in total. The van der Waals surface area contributed by atoms with Crippen molar-refractivity contribution in [3.63, 3.8) is 0 Å². The molecular formula is C43H56ClN3O6. The van der Waals surface area contributed by atoms with Gasteiger partial charge in [0.05, 0.1) is 6.61 Å². The quantitative estimate of drug-likeness (QED) is 0.158. The Hall–Kier alpha value is -3.53. The number of benzene rings is 2. The number of aryl methyl sites for hydroxylation is 1. The van der Waals surface area contributed by atoms with Crippen LogP contribution in [0.15, 0.2) is 48.7 Å². The highest BCUT2D eigenvalue weighted by atomic mass is 35.5. The Morgan fingerprint density at radius 3 is 2.77 bits per heavy atom. The standard InChI is InChI=1S/C43H56ClN3O6/c1-28(26-51-37-12-17-45-36-11-5-8-29(2)40(36)37)20-31-21-30-22-38-39(53-34(27-52-38)25-47(3)18-7-19-50-4)24-35(30)42(31)13-15-43(16-14-42,41(48)49)46-33-10-6-9-32(44)23-33/h6,9-10,12,17,22-24,28-29,31,34,46H,5,7-8,11,13-16,18-21,25-27H2,1-4H3,(H,48,49)/t28-,29-,31+,34-,42?,43?/m1/s1. The topological polar surface area (TPSA) is 102 Å². The number of methoxy groups -OCH3 is 1. The summed E-state index contributed by atoms with van der Waals surface area (Å²) in [7, 11) is 3.84. The first-order chi connectivity index (χ1) is 25.6. The molecule has 0 radical (unpaired) electrons. The maximum atomic E-state index is 13.1. The fourth-order valence-electron chi connectivity index (χ4n) is 9.72. The molecule has 4 aliphatic rings. The monoisotopic (exact) mass is 745 g/mol. The molecule has 7 rings (SSSR count). The van der Waals surface area contributed by atoms with Crippen LogP contribution in [0.2, 0.25) is 5.02 Å². The van der Waals surface area contributed by atoms with Crippen molar-refractivity contribution >= 4 is 23.3 Å². The number of carboxylic acid groups (broad SMARTS) is 1. The lowest BCUT2D eigenvalue weighted by Crippen LogP contribution is -2.53. The smallest absolute Gasteiger partial charge is 0.329 e. The SMILES string of the molecule is COCCCN(C)C[C@@H]1COc2cc3c(cc2O1)C1(CCC(Nc2cccc(Cl)c2)(C(=O)O)CC1)[C@@H](C[C@@H](C)COc1ccnc2c1[C@H](C)CCC2)C3. The molecule has 1 saturated carbocycles. The Kier molecular flexibility index (Phi) is 11.4. The van der Waals surface area contributed by atoms with Crippen LogP contribution in [0.4, 0.5) is 5.69 Å². The van der Waals surface area contributed by atoms with Gasteiger partial charge in [0.25, 0.3) is 0 Å². The van der Waals surface area contributed by atoms with E-state index in [9.17, 15) is 9.90 Å². The molecule has 0 amide bonds. The van der Waals surface area contributed by atoms with Gasteiger partial charge in [-0.25, -0.2) is 4.79 Å². The Labute approximate surface area is 319 Å². The van der Waals surface area contributed by atoms with Gasteiger partial charge in [-0.15, -0.1) is 0 Å². The maximum Gasteiger partial charge on any atom is 0.329 e. The zero-order valence-electron chi connectivity index (χ0n) is 31.8. The van der Waals surface area contributed by atoms with Crippen molar-refractivity contribution < 1.29 is 28.8 Å². The average Bonchev–Trinajstić information content (AvgIpc) is 3.41. The van der Waals surface area contributed by atoms with Crippen LogP contribution in [0.3, 0.4) is 0 Å². The van der Waals surface area contributed by atoms with Crippen molar-refractivity contribution in [1.29, 1.82) is 0 Å². The third kappa shape index (κ3) is 7.99. The summed E-state index contributed by atoms with van der Waals surface area (Å²) in [6, 6.07) is 13.9. The number of hydrogen-bond donors (Lipinski definition) is 2. The first-order valence-electron chi connectivity index (χ1n) is 19.6. The van der Waals surface area contributed by atoms with E-state index < -0.39 is 11.5 Å². The van der Waals surface area contributed by atoms with Crippen molar-refractivity contribution in [2.75, 3.05) is 52.4 Å². The Balaban J connectivity index is 1.13. The van der Waals surface area contributed by atoms with Crippen LogP contribution >= 0.6 is 11.6 Å². The molecule has 3 aromatic rings. The number of aromatic nitrogens is 1. The van der Waals surface area contributed by atoms with Crippen LogP contribution in [0, 0.1) is 11.8 Å². The molecule has 1 spiro atoms. The number of fused-ring (bicyclic) bond motifs is 4. The molecule has 3 aliphatic carbocycles. The number of rotatable bonds is 14. The predicted molar refractivity (Wildman–Crippen MR) is 208 cm³/mol. The largest absolute Gasteiger partial charge is 0.493 e. The van der Waals surface area contributed by atoms with Crippen molar-refractivity contribution in [3.8, 4) is 17.2 Å². The number of aliphatic carboxylic acids is 1. The van der Waals surface area contributed by atoms with Gasteiger partial charge >= 0.3 is 5.97 Å². The highest BCUT2D eigenvalue weighted by Gasteiger charge is 2.54. The summed E-state index contributed by atoms with van der Waals surface area (Å²) < 4.78 is 24.9. The normalized spacial score (nSPS) is 26.6. The number of nitrogens with one attached hydrogen (secondary N) is 1. The Morgan fingerprint density at radius 1 is 1.17 bits per heavy atom. The fourth-order valence-corrected chi connectivity index (χ4v) is 9.91. The Bertz CT molecular complexity index is 1760. The molecule has 1 aliphatic heterocycles. The van der Waals surface area contributed by atoms with Crippen LogP contribution in [-0.2, 0) is 27.8 Å². The molecule has 10 heteroatoms. The zero-order valence-corrected chi connectivity index (χ0v) is 32.6. The highest BCUT2D eigenvalue weighted by Crippen LogP contribution is 2.58. The lowest BCUT2D eigenvalue weighted by molar-refractivity contribution is -0.144. The summed E-state index contributed by atoms with van der Waals surface area (Å²) >= 11 is 6.31. The van der Waals surface area contributed by atoms with Gasteiger partial charge in [-0.05, 0) is 142 Å². The van der Waals surface area contributed by atoms with Crippen molar-refractivity contribution in [1.82, 2.24) is 9.88 Å². The molecule has 0 unspecified atom stereocenters. The summed E-state index contributed by atoms with van der Waals surface area (Å²) in [6.45, 7) is 8.14. The second-order valence-corrected chi connectivity index (χ2v) is 16.7. The first kappa shape index (κ1) is 37.8. The summed E-state index contributed by atoms with van der Waals surface area (Å²) in [6.07, 6.45) is 10.5.